The van der Waals surface area contributed by atoms with Gasteiger partial charge in [-0.3, -0.25) is 9.48 Å². The summed E-state index contributed by atoms with van der Waals surface area (Å²) < 4.78 is 48.3. The molecule has 0 aliphatic carbocycles. The van der Waals surface area contributed by atoms with E-state index in [0.717, 1.165) is 23.3 Å². The van der Waals surface area contributed by atoms with Crippen molar-refractivity contribution in [2.75, 3.05) is 18.6 Å². The first-order chi connectivity index (χ1) is 22.8. The molecule has 0 spiro atoms. The number of carbonyl (C=O) groups excluding carboxylic acids is 1. The number of nitrogens with zero attached hydrogens (tertiary/aromatic N) is 4. The molecule has 0 saturated carbocycles. The number of fused-ring (bicyclic) bond motifs is 1. The fourth-order valence-electron chi connectivity index (χ4n) is 5.91. The van der Waals surface area contributed by atoms with Crippen LogP contribution in [0.1, 0.15) is 43.6 Å². The molecule has 1 radical (unpaired) electrons. The second kappa shape index (κ2) is 13.0. The average Bonchev–Trinajstić information content (AvgIpc) is 3.50. The van der Waals surface area contributed by atoms with E-state index in [1.165, 1.54) is 17.3 Å². The van der Waals surface area contributed by atoms with Crippen LogP contribution in [0, 0.1) is 0 Å². The Balaban J connectivity index is 1.30. The van der Waals surface area contributed by atoms with Crippen LogP contribution in [-0.4, -0.2) is 53.9 Å². The summed E-state index contributed by atoms with van der Waals surface area (Å²) >= 11 is 0. The van der Waals surface area contributed by atoms with Crippen molar-refractivity contribution in [3.8, 4) is 33.6 Å². The van der Waals surface area contributed by atoms with Crippen molar-refractivity contribution in [1.29, 1.82) is 0 Å². The number of pyridine rings is 1. The number of benzene rings is 3. The Bertz CT molecular complexity index is 1920. The number of nitrogens with one attached hydrogen (secondary N) is 1. The number of rotatable bonds is 8. The summed E-state index contributed by atoms with van der Waals surface area (Å²) in [6.45, 7) is 9.09. The number of halogens is 3. The van der Waals surface area contributed by atoms with Crippen LogP contribution in [0.4, 0.5) is 18.9 Å². The summed E-state index contributed by atoms with van der Waals surface area (Å²) in [5.41, 5.74) is 4.50. The van der Waals surface area contributed by atoms with Crippen LogP contribution >= 0.6 is 0 Å². The van der Waals surface area contributed by atoms with Crippen LogP contribution in [0.15, 0.2) is 97.3 Å². The lowest BCUT2D eigenvalue weighted by atomic mass is 10.0. The minimum atomic E-state index is -4.46. The van der Waals surface area contributed by atoms with Gasteiger partial charge in [0, 0.05) is 24.4 Å². The zero-order chi connectivity index (χ0) is 34.2. The summed E-state index contributed by atoms with van der Waals surface area (Å²) in [5.74, 6) is -0.213. The lowest BCUT2D eigenvalue weighted by Crippen LogP contribution is -2.50. The van der Waals surface area contributed by atoms with E-state index < -0.39 is 20.8 Å². The topological polar surface area (TPSA) is 72.3 Å². The van der Waals surface area contributed by atoms with Crippen molar-refractivity contribution in [2.45, 2.75) is 45.0 Å². The van der Waals surface area contributed by atoms with Gasteiger partial charge < -0.3 is 14.6 Å². The molecule has 1 N–H and O–H groups in total. The molecule has 11 heteroatoms. The summed E-state index contributed by atoms with van der Waals surface area (Å²) in [5, 5.41) is 8.70. The van der Waals surface area contributed by atoms with Crippen molar-refractivity contribution >= 4 is 25.8 Å². The second-order valence-corrected chi connectivity index (χ2v) is 16.0. The fourth-order valence-corrected chi connectivity index (χ4v) is 8.44. The van der Waals surface area contributed by atoms with E-state index in [1.54, 1.807) is 35.1 Å². The van der Waals surface area contributed by atoms with Crippen molar-refractivity contribution in [1.82, 2.24) is 19.7 Å². The highest BCUT2D eigenvalue weighted by Crippen LogP contribution is 2.37. The predicted octanol–water partition coefficient (Wildman–Crippen LogP) is 7.76. The van der Waals surface area contributed by atoms with Crippen LogP contribution in [0.5, 0.6) is 0 Å². The molecule has 5 aromatic rings. The first-order valence-electron chi connectivity index (χ1n) is 15.7. The number of aryl methyl sites for hydroxylation is 1. The molecule has 1 unspecified atom stereocenters. The number of aromatic nitrogens is 3. The molecule has 0 saturated heterocycles. The van der Waals surface area contributed by atoms with Gasteiger partial charge in [-0.2, -0.15) is 18.3 Å². The van der Waals surface area contributed by atoms with Gasteiger partial charge in [-0.1, -0.05) is 87.5 Å². The molecule has 3 aromatic carbocycles. The minimum absolute atomic E-state index is 0.146. The fraction of sp³-hybridized carbons (Fsp3) is 0.270. The van der Waals surface area contributed by atoms with Crippen LogP contribution in [0.3, 0.4) is 0 Å². The molecule has 7 nitrogen and oxygen atoms in total. The zero-order valence-electron chi connectivity index (χ0n) is 27.5. The van der Waals surface area contributed by atoms with E-state index in [1.807, 2.05) is 37.3 Å². The summed E-state index contributed by atoms with van der Waals surface area (Å²) in [4.78, 5) is 20.7. The van der Waals surface area contributed by atoms with Gasteiger partial charge in [0.2, 0.25) is 0 Å². The molecule has 247 valence electrons. The maximum Gasteiger partial charge on any atom is 0.416 e. The number of carbonyl (C=O) groups is 1. The van der Waals surface area contributed by atoms with Gasteiger partial charge in [-0.05, 0) is 46.5 Å². The molecule has 0 fully saturated rings. The normalized spacial score (nSPS) is 14.2. The van der Waals surface area contributed by atoms with Crippen LogP contribution in [0.2, 0.25) is 5.04 Å². The summed E-state index contributed by atoms with van der Waals surface area (Å²) in [6, 6.07) is 24.8. The van der Waals surface area contributed by atoms with Crippen molar-refractivity contribution in [2.24, 2.45) is 7.05 Å². The minimum Gasteiger partial charge on any atom is -0.409 e. The first-order valence-corrected chi connectivity index (χ1v) is 17.1. The first kappa shape index (κ1) is 33.2. The van der Waals surface area contributed by atoms with Gasteiger partial charge >= 0.3 is 6.18 Å². The smallest absolute Gasteiger partial charge is 0.409 e. The van der Waals surface area contributed by atoms with E-state index in [2.05, 4.69) is 55.5 Å². The van der Waals surface area contributed by atoms with Gasteiger partial charge in [0.05, 0.1) is 53.7 Å². The number of hydrogen-bond acceptors (Lipinski definition) is 5. The Labute approximate surface area is 280 Å². The Morgan fingerprint density at radius 3 is 2.25 bits per heavy atom. The van der Waals surface area contributed by atoms with E-state index in [9.17, 15) is 18.0 Å². The lowest BCUT2D eigenvalue weighted by Gasteiger charge is -2.37. The third-order valence-electron chi connectivity index (χ3n) is 8.36. The van der Waals surface area contributed by atoms with Gasteiger partial charge in [0.25, 0.3) is 14.9 Å². The molecular weight excluding hydrogens is 632 g/mol. The van der Waals surface area contributed by atoms with E-state index in [0.29, 0.717) is 40.4 Å². The Kier molecular flexibility index (Phi) is 9.01. The van der Waals surface area contributed by atoms with Gasteiger partial charge in [-0.25, -0.2) is 4.98 Å². The monoisotopic (exact) mass is 668 g/mol. The highest BCUT2D eigenvalue weighted by Gasteiger charge is 2.36. The maximum atomic E-state index is 14.2. The third-order valence-corrected chi connectivity index (χ3v) is 11.1. The van der Waals surface area contributed by atoms with Crippen molar-refractivity contribution in [3.05, 3.63) is 108 Å². The van der Waals surface area contributed by atoms with Crippen LogP contribution < -0.4 is 10.5 Å². The molecule has 0 bridgehead atoms. The van der Waals surface area contributed by atoms with Gasteiger partial charge in [0.15, 0.2) is 0 Å². The molecule has 6 rings (SSSR count). The Morgan fingerprint density at radius 2 is 1.60 bits per heavy atom. The molecule has 2 aromatic heterocycles. The standard InChI is InChI=1S/C37H37F3N5O2Si/c1-24(22-47-48(36(2,3)4)32-14-10-9-13-29(32)25-11-7-6-8-12-25)45-23-41-34-30(35(45)46)19-31(43-33(34)27-20-42-44(5)21-27)26-15-17-28(18-16-26)37(38,39)40/h6-21,24,41H,22-23H2,1-5H3. The zero-order valence-corrected chi connectivity index (χ0v) is 28.5. The SMILES string of the molecule is CC(CO[Si](c1ccccc1-c1ccccc1)C(C)(C)C)N1CNc2c(cc(-c3ccc(C(F)(F)F)cc3)nc2-c2cnn(C)c2)C1=O. The quantitative estimate of drug-likeness (QED) is 0.171. The molecule has 1 amide bonds. The number of amides is 1. The second-order valence-electron chi connectivity index (χ2n) is 13.0. The number of hydrogen-bond donors (Lipinski definition) is 1. The molecular formula is C37H37F3N5O2Si. The van der Waals surface area contributed by atoms with Gasteiger partial charge in [-0.15, -0.1) is 0 Å². The Morgan fingerprint density at radius 1 is 0.917 bits per heavy atom. The molecule has 3 heterocycles. The molecule has 1 aliphatic rings. The Hall–Kier alpha value is -4.74. The van der Waals surface area contributed by atoms with Crippen molar-refractivity contribution in [3.63, 3.8) is 0 Å². The largest absolute Gasteiger partial charge is 0.416 e. The van der Waals surface area contributed by atoms with Crippen LogP contribution in [-0.2, 0) is 17.6 Å². The third kappa shape index (κ3) is 6.79. The van der Waals surface area contributed by atoms with E-state index in [4.69, 9.17) is 9.41 Å². The highest BCUT2D eigenvalue weighted by molar-refractivity contribution is 6.71. The summed E-state index contributed by atoms with van der Waals surface area (Å²) in [6.07, 6.45) is -1.02. The van der Waals surface area contributed by atoms with Crippen LogP contribution in [0.25, 0.3) is 33.6 Å². The molecule has 1 atom stereocenters. The number of anilines is 1. The van der Waals surface area contributed by atoms with Crippen molar-refractivity contribution < 1.29 is 22.4 Å². The summed E-state index contributed by atoms with van der Waals surface area (Å²) in [7, 11) is 0.202. The predicted molar refractivity (Wildman–Crippen MR) is 184 cm³/mol. The average molecular weight is 669 g/mol. The maximum absolute atomic E-state index is 14.2. The highest BCUT2D eigenvalue weighted by atomic mass is 28.3. The number of alkyl halides is 3. The molecule has 1 aliphatic heterocycles. The van der Waals surface area contributed by atoms with E-state index >= 15 is 0 Å². The van der Waals surface area contributed by atoms with Gasteiger partial charge in [0.1, 0.15) is 0 Å². The lowest BCUT2D eigenvalue weighted by molar-refractivity contribution is -0.137. The van der Waals surface area contributed by atoms with E-state index in [-0.39, 0.29) is 23.7 Å². The molecule has 48 heavy (non-hydrogen) atoms.